The Morgan fingerprint density at radius 1 is 1.33 bits per heavy atom. The molecule has 0 atom stereocenters. The van der Waals surface area contributed by atoms with E-state index in [0.717, 1.165) is 36.5 Å². The van der Waals surface area contributed by atoms with Gasteiger partial charge >= 0.3 is 0 Å². The summed E-state index contributed by atoms with van der Waals surface area (Å²) in [6.07, 6.45) is 5.77. The highest BCUT2D eigenvalue weighted by molar-refractivity contribution is 5.80. The van der Waals surface area contributed by atoms with Crippen LogP contribution in [-0.2, 0) is 19.0 Å². The minimum Gasteiger partial charge on any atom is -0.357 e. The standard InChI is InChI=1S/C18H24FN5/c1-3-20-17(21-10-14-11-23-24(2)12-14)22-13-18(8-9-18)15-6-4-5-7-16(15)19/h4-7,11-12H,3,8-10,13H2,1-2H3,(H2,20,21,22). The van der Waals surface area contributed by atoms with Crippen LogP contribution in [-0.4, -0.2) is 28.8 Å². The van der Waals surface area contributed by atoms with Crippen molar-refractivity contribution in [2.45, 2.75) is 31.7 Å². The second-order valence-electron chi connectivity index (χ2n) is 6.33. The zero-order valence-corrected chi connectivity index (χ0v) is 14.2. The molecule has 0 aliphatic heterocycles. The van der Waals surface area contributed by atoms with Crippen LogP contribution in [0.5, 0.6) is 0 Å². The molecule has 0 amide bonds. The number of hydrogen-bond donors (Lipinski definition) is 2. The molecule has 6 heteroatoms. The number of hydrogen-bond acceptors (Lipinski definition) is 2. The maximum atomic E-state index is 14.1. The van der Waals surface area contributed by atoms with Gasteiger partial charge in [0.2, 0.25) is 0 Å². The van der Waals surface area contributed by atoms with Gasteiger partial charge in [-0.3, -0.25) is 4.68 Å². The maximum Gasteiger partial charge on any atom is 0.191 e. The zero-order valence-electron chi connectivity index (χ0n) is 14.2. The highest BCUT2D eigenvalue weighted by Gasteiger charge is 2.45. The van der Waals surface area contributed by atoms with Crippen molar-refractivity contribution in [1.82, 2.24) is 20.4 Å². The summed E-state index contributed by atoms with van der Waals surface area (Å²) >= 11 is 0. The molecule has 2 aromatic rings. The largest absolute Gasteiger partial charge is 0.357 e. The summed E-state index contributed by atoms with van der Waals surface area (Å²) < 4.78 is 15.9. The lowest BCUT2D eigenvalue weighted by atomic mass is 9.95. The van der Waals surface area contributed by atoms with Gasteiger partial charge in [-0.1, -0.05) is 18.2 Å². The molecule has 1 aliphatic carbocycles. The molecule has 1 aromatic carbocycles. The highest BCUT2D eigenvalue weighted by atomic mass is 19.1. The van der Waals surface area contributed by atoms with Crippen molar-refractivity contribution in [1.29, 1.82) is 0 Å². The Morgan fingerprint density at radius 2 is 2.12 bits per heavy atom. The monoisotopic (exact) mass is 329 g/mol. The third-order valence-electron chi connectivity index (χ3n) is 4.42. The van der Waals surface area contributed by atoms with Gasteiger partial charge in [0, 0.05) is 37.3 Å². The fourth-order valence-corrected chi connectivity index (χ4v) is 2.90. The minimum atomic E-state index is -0.117. The Kier molecular flexibility index (Phi) is 4.83. The van der Waals surface area contributed by atoms with E-state index in [0.29, 0.717) is 13.1 Å². The summed E-state index contributed by atoms with van der Waals surface area (Å²) in [6.45, 7) is 4.07. The van der Waals surface area contributed by atoms with Crippen LogP contribution in [0.2, 0.25) is 0 Å². The SMILES string of the molecule is CCNC(=NCc1cnn(C)c1)NCC1(c2ccccc2F)CC1. The molecule has 0 bridgehead atoms. The van der Waals surface area contributed by atoms with Gasteiger partial charge in [0.05, 0.1) is 12.7 Å². The number of nitrogens with zero attached hydrogens (tertiary/aromatic N) is 3. The first-order valence-corrected chi connectivity index (χ1v) is 8.38. The highest BCUT2D eigenvalue weighted by Crippen LogP contribution is 2.48. The minimum absolute atomic E-state index is 0.101. The number of nitrogens with one attached hydrogen (secondary N) is 2. The van der Waals surface area contributed by atoms with E-state index in [9.17, 15) is 4.39 Å². The normalized spacial score (nSPS) is 16.0. The van der Waals surface area contributed by atoms with E-state index in [1.165, 1.54) is 6.07 Å². The Hall–Kier alpha value is -2.37. The summed E-state index contributed by atoms with van der Waals surface area (Å²) in [5.74, 6) is 0.637. The molecule has 0 unspecified atom stereocenters. The van der Waals surface area contributed by atoms with Crippen LogP contribution in [0.1, 0.15) is 30.9 Å². The number of guanidine groups is 1. The van der Waals surface area contributed by atoms with Crippen LogP contribution in [0.4, 0.5) is 4.39 Å². The Balaban J connectivity index is 1.65. The number of benzene rings is 1. The van der Waals surface area contributed by atoms with Crippen LogP contribution in [0, 0.1) is 5.82 Å². The van der Waals surface area contributed by atoms with Gasteiger partial charge in [-0.15, -0.1) is 0 Å². The van der Waals surface area contributed by atoms with Crippen molar-refractivity contribution in [3.05, 3.63) is 53.6 Å². The van der Waals surface area contributed by atoms with Crippen molar-refractivity contribution in [3.8, 4) is 0 Å². The molecular weight excluding hydrogens is 305 g/mol. The lowest BCUT2D eigenvalue weighted by Crippen LogP contribution is -2.41. The second kappa shape index (κ2) is 7.03. The predicted molar refractivity (Wildman–Crippen MR) is 93.3 cm³/mol. The topological polar surface area (TPSA) is 54.2 Å². The van der Waals surface area contributed by atoms with E-state index >= 15 is 0 Å². The fraction of sp³-hybridized carbons (Fsp3) is 0.444. The molecule has 1 aromatic heterocycles. The van der Waals surface area contributed by atoms with E-state index in [-0.39, 0.29) is 11.2 Å². The Morgan fingerprint density at radius 3 is 2.75 bits per heavy atom. The quantitative estimate of drug-likeness (QED) is 0.632. The molecular formula is C18H24FN5. The van der Waals surface area contributed by atoms with E-state index < -0.39 is 0 Å². The summed E-state index contributed by atoms with van der Waals surface area (Å²) in [5.41, 5.74) is 1.76. The lowest BCUT2D eigenvalue weighted by molar-refractivity contribution is 0.559. The van der Waals surface area contributed by atoms with Crippen molar-refractivity contribution in [2.24, 2.45) is 12.0 Å². The molecule has 128 valence electrons. The van der Waals surface area contributed by atoms with Crippen LogP contribution in [0.15, 0.2) is 41.7 Å². The van der Waals surface area contributed by atoms with Crippen molar-refractivity contribution < 1.29 is 4.39 Å². The molecule has 0 radical (unpaired) electrons. The molecule has 5 nitrogen and oxygen atoms in total. The first-order chi connectivity index (χ1) is 11.6. The van der Waals surface area contributed by atoms with Crippen LogP contribution >= 0.6 is 0 Å². The molecule has 24 heavy (non-hydrogen) atoms. The smallest absolute Gasteiger partial charge is 0.191 e. The number of halogens is 1. The van der Waals surface area contributed by atoms with Crippen molar-refractivity contribution in [3.63, 3.8) is 0 Å². The molecule has 3 rings (SSSR count). The van der Waals surface area contributed by atoms with Crippen LogP contribution in [0.25, 0.3) is 0 Å². The van der Waals surface area contributed by atoms with Gasteiger partial charge in [0.25, 0.3) is 0 Å². The molecule has 1 saturated carbocycles. The summed E-state index contributed by atoms with van der Waals surface area (Å²) in [6, 6.07) is 7.07. The zero-order chi connectivity index (χ0) is 17.0. The third kappa shape index (κ3) is 3.75. The summed E-state index contributed by atoms with van der Waals surface area (Å²) in [7, 11) is 1.89. The Labute approximate surface area is 142 Å². The molecule has 1 fully saturated rings. The molecule has 0 spiro atoms. The first-order valence-electron chi connectivity index (χ1n) is 8.38. The maximum absolute atomic E-state index is 14.1. The summed E-state index contributed by atoms with van der Waals surface area (Å²) in [5, 5.41) is 10.8. The van der Waals surface area contributed by atoms with E-state index in [1.54, 1.807) is 10.7 Å². The third-order valence-corrected chi connectivity index (χ3v) is 4.42. The van der Waals surface area contributed by atoms with E-state index in [4.69, 9.17) is 0 Å². The van der Waals surface area contributed by atoms with E-state index in [1.807, 2.05) is 38.5 Å². The molecule has 1 aliphatic rings. The van der Waals surface area contributed by atoms with Crippen LogP contribution in [0.3, 0.4) is 0 Å². The van der Waals surface area contributed by atoms with Gasteiger partial charge in [-0.25, -0.2) is 9.38 Å². The molecule has 2 N–H and O–H groups in total. The van der Waals surface area contributed by atoms with Gasteiger partial charge < -0.3 is 10.6 Å². The summed E-state index contributed by atoms with van der Waals surface area (Å²) in [4.78, 5) is 4.59. The van der Waals surface area contributed by atoms with Gasteiger partial charge in [-0.2, -0.15) is 5.10 Å². The van der Waals surface area contributed by atoms with Crippen LogP contribution < -0.4 is 10.6 Å². The number of aryl methyl sites for hydroxylation is 1. The van der Waals surface area contributed by atoms with Gasteiger partial charge in [0.1, 0.15) is 5.82 Å². The van der Waals surface area contributed by atoms with Gasteiger partial charge in [0.15, 0.2) is 5.96 Å². The number of aromatic nitrogens is 2. The van der Waals surface area contributed by atoms with Gasteiger partial charge in [-0.05, 0) is 31.4 Å². The first kappa shape index (κ1) is 16.5. The number of rotatable bonds is 6. The fourth-order valence-electron chi connectivity index (χ4n) is 2.90. The lowest BCUT2D eigenvalue weighted by Gasteiger charge is -2.19. The average molecular weight is 329 g/mol. The molecule has 0 saturated heterocycles. The van der Waals surface area contributed by atoms with E-state index in [2.05, 4.69) is 20.7 Å². The number of aliphatic imine (C=N–C) groups is 1. The average Bonchev–Trinajstić information content (AvgIpc) is 3.25. The Bertz CT molecular complexity index is 718. The second-order valence-corrected chi connectivity index (χ2v) is 6.33. The van der Waals surface area contributed by atoms with Crippen molar-refractivity contribution in [2.75, 3.05) is 13.1 Å². The predicted octanol–water partition coefficient (Wildman–Crippen LogP) is 2.35. The van der Waals surface area contributed by atoms with Crippen molar-refractivity contribution >= 4 is 5.96 Å². The molecule has 1 heterocycles.